The summed E-state index contributed by atoms with van der Waals surface area (Å²) in [6, 6.07) is 6.38. The Morgan fingerprint density at radius 1 is 1.35 bits per heavy atom. The third-order valence-corrected chi connectivity index (χ3v) is 3.29. The highest BCUT2D eigenvalue weighted by molar-refractivity contribution is 5.80. The molecule has 2 rings (SSSR count). The maximum Gasteiger partial charge on any atom is 0.410 e. The molecule has 0 radical (unpaired) electrons. The summed E-state index contributed by atoms with van der Waals surface area (Å²) in [5.41, 5.74) is 0.824. The van der Waals surface area contributed by atoms with Crippen molar-refractivity contribution in [1.29, 1.82) is 0 Å². The molecule has 0 aliphatic carbocycles. The van der Waals surface area contributed by atoms with Crippen molar-refractivity contribution in [2.75, 3.05) is 13.7 Å². The van der Waals surface area contributed by atoms with Gasteiger partial charge in [-0.2, -0.15) is 0 Å². The summed E-state index contributed by atoms with van der Waals surface area (Å²) >= 11 is 0. The zero-order valence-electron chi connectivity index (χ0n) is 11.2. The van der Waals surface area contributed by atoms with Gasteiger partial charge in [0.1, 0.15) is 18.4 Å². The zero-order valence-corrected chi connectivity index (χ0v) is 11.2. The Bertz CT molecular complexity index is 485. The standard InChI is InChI=1S/C14H17NO5/c1-19-11-6-4-10(5-7-11)9-20-14(18)15-8-2-3-12(15)13(16)17/h4-7,12H,2-3,8-9H2,1H3,(H,16,17)/t12-/m0/s1. The van der Waals surface area contributed by atoms with Gasteiger partial charge < -0.3 is 14.6 Å². The average molecular weight is 279 g/mol. The summed E-state index contributed by atoms with van der Waals surface area (Å²) < 4.78 is 10.2. The Morgan fingerprint density at radius 3 is 2.65 bits per heavy atom. The van der Waals surface area contributed by atoms with E-state index in [-0.39, 0.29) is 6.61 Å². The molecule has 1 aromatic rings. The summed E-state index contributed by atoms with van der Waals surface area (Å²) in [5.74, 6) is -0.255. The summed E-state index contributed by atoms with van der Waals surface area (Å²) in [5, 5.41) is 9.01. The monoisotopic (exact) mass is 279 g/mol. The number of hydrogen-bond donors (Lipinski definition) is 1. The van der Waals surface area contributed by atoms with Gasteiger partial charge in [0, 0.05) is 6.54 Å². The summed E-state index contributed by atoms with van der Waals surface area (Å²) in [4.78, 5) is 24.1. The molecule has 1 fully saturated rings. The highest BCUT2D eigenvalue weighted by atomic mass is 16.6. The molecule has 1 N–H and O–H groups in total. The predicted molar refractivity (Wildman–Crippen MR) is 70.5 cm³/mol. The third kappa shape index (κ3) is 3.20. The molecule has 1 aliphatic heterocycles. The number of aliphatic carboxylic acids is 1. The molecule has 1 aromatic carbocycles. The molecule has 108 valence electrons. The van der Waals surface area contributed by atoms with Crippen molar-refractivity contribution in [3.63, 3.8) is 0 Å². The number of rotatable bonds is 4. The maximum atomic E-state index is 11.9. The maximum absolute atomic E-state index is 11.9. The molecule has 1 aliphatic rings. The lowest BCUT2D eigenvalue weighted by atomic mass is 10.2. The second kappa shape index (κ2) is 6.27. The minimum Gasteiger partial charge on any atom is -0.497 e. The van der Waals surface area contributed by atoms with Crippen LogP contribution in [-0.2, 0) is 16.1 Å². The number of carbonyl (C=O) groups excluding carboxylic acids is 1. The van der Waals surface area contributed by atoms with Crippen molar-refractivity contribution in [2.24, 2.45) is 0 Å². The van der Waals surface area contributed by atoms with Crippen LogP contribution in [0.5, 0.6) is 5.75 Å². The first-order valence-electron chi connectivity index (χ1n) is 6.41. The number of benzene rings is 1. The van der Waals surface area contributed by atoms with E-state index >= 15 is 0 Å². The Hall–Kier alpha value is -2.24. The van der Waals surface area contributed by atoms with Crippen LogP contribution in [0, 0.1) is 0 Å². The summed E-state index contributed by atoms with van der Waals surface area (Å²) in [6.45, 7) is 0.546. The number of hydrogen-bond acceptors (Lipinski definition) is 4. The van der Waals surface area contributed by atoms with E-state index in [0.29, 0.717) is 19.4 Å². The van der Waals surface area contributed by atoms with E-state index in [9.17, 15) is 9.59 Å². The van der Waals surface area contributed by atoms with Crippen LogP contribution < -0.4 is 4.74 Å². The molecule has 1 heterocycles. The van der Waals surface area contributed by atoms with E-state index in [1.54, 1.807) is 31.4 Å². The van der Waals surface area contributed by atoms with Gasteiger partial charge in [0.15, 0.2) is 0 Å². The van der Waals surface area contributed by atoms with E-state index in [1.807, 2.05) is 0 Å². The van der Waals surface area contributed by atoms with Gasteiger partial charge in [0.25, 0.3) is 0 Å². The minimum absolute atomic E-state index is 0.117. The number of carboxylic acid groups (broad SMARTS) is 1. The van der Waals surface area contributed by atoms with Crippen molar-refractivity contribution < 1.29 is 24.2 Å². The molecule has 6 heteroatoms. The number of likely N-dealkylation sites (tertiary alicyclic amines) is 1. The van der Waals surface area contributed by atoms with Crippen molar-refractivity contribution in [3.8, 4) is 5.75 Å². The Balaban J connectivity index is 1.89. The quantitative estimate of drug-likeness (QED) is 0.910. The van der Waals surface area contributed by atoms with Crippen molar-refractivity contribution in [2.45, 2.75) is 25.5 Å². The highest BCUT2D eigenvalue weighted by Crippen LogP contribution is 2.19. The van der Waals surface area contributed by atoms with Crippen molar-refractivity contribution in [1.82, 2.24) is 4.90 Å². The van der Waals surface area contributed by atoms with Gasteiger partial charge in [0.2, 0.25) is 0 Å². The molecule has 0 aromatic heterocycles. The second-order valence-electron chi connectivity index (χ2n) is 4.59. The minimum atomic E-state index is -0.983. The number of carbonyl (C=O) groups is 2. The van der Waals surface area contributed by atoms with Gasteiger partial charge in [-0.25, -0.2) is 9.59 Å². The molecule has 6 nitrogen and oxygen atoms in total. The van der Waals surface area contributed by atoms with E-state index in [2.05, 4.69) is 0 Å². The van der Waals surface area contributed by atoms with Crippen molar-refractivity contribution in [3.05, 3.63) is 29.8 Å². The van der Waals surface area contributed by atoms with Crippen LogP contribution in [0.2, 0.25) is 0 Å². The van der Waals surface area contributed by atoms with Gasteiger partial charge in [0.05, 0.1) is 7.11 Å². The van der Waals surface area contributed by atoms with Crippen LogP contribution >= 0.6 is 0 Å². The zero-order chi connectivity index (χ0) is 14.5. The predicted octanol–water partition coefficient (Wildman–Crippen LogP) is 1.88. The Morgan fingerprint density at radius 2 is 2.05 bits per heavy atom. The fourth-order valence-corrected chi connectivity index (χ4v) is 2.19. The Kier molecular flexibility index (Phi) is 4.45. The number of carboxylic acids is 1. The Labute approximate surface area is 116 Å². The first-order chi connectivity index (χ1) is 9.61. The molecule has 0 bridgehead atoms. The van der Waals surface area contributed by atoms with Crippen LogP contribution in [0.4, 0.5) is 4.79 Å². The molecule has 20 heavy (non-hydrogen) atoms. The number of amides is 1. The molecular formula is C14H17NO5. The topological polar surface area (TPSA) is 76.1 Å². The molecule has 1 amide bonds. The van der Waals surface area contributed by atoms with E-state index in [1.165, 1.54) is 4.90 Å². The molecule has 1 atom stereocenters. The second-order valence-corrected chi connectivity index (χ2v) is 4.59. The molecule has 0 unspecified atom stereocenters. The van der Waals surface area contributed by atoms with Crippen LogP contribution in [-0.4, -0.2) is 41.8 Å². The fraction of sp³-hybridized carbons (Fsp3) is 0.429. The normalized spacial score (nSPS) is 17.9. The lowest BCUT2D eigenvalue weighted by molar-refractivity contribution is -0.141. The van der Waals surface area contributed by atoms with Crippen LogP contribution in [0.3, 0.4) is 0 Å². The third-order valence-electron chi connectivity index (χ3n) is 3.29. The SMILES string of the molecule is COc1ccc(COC(=O)N2CCC[C@H]2C(=O)O)cc1. The first-order valence-corrected chi connectivity index (χ1v) is 6.41. The lowest BCUT2D eigenvalue weighted by Crippen LogP contribution is -2.40. The van der Waals surface area contributed by atoms with E-state index < -0.39 is 18.1 Å². The lowest BCUT2D eigenvalue weighted by Gasteiger charge is -2.20. The fourth-order valence-electron chi connectivity index (χ4n) is 2.19. The van der Waals surface area contributed by atoms with Gasteiger partial charge in [-0.1, -0.05) is 12.1 Å². The van der Waals surface area contributed by atoms with Gasteiger partial charge in [-0.3, -0.25) is 4.90 Å². The molecule has 0 spiro atoms. The van der Waals surface area contributed by atoms with E-state index in [4.69, 9.17) is 14.6 Å². The van der Waals surface area contributed by atoms with Crippen molar-refractivity contribution >= 4 is 12.1 Å². The van der Waals surface area contributed by atoms with Gasteiger partial charge in [-0.15, -0.1) is 0 Å². The first kappa shape index (κ1) is 14.2. The summed E-state index contributed by atoms with van der Waals surface area (Å²) in [7, 11) is 1.58. The van der Waals surface area contributed by atoms with Crippen LogP contribution in [0.15, 0.2) is 24.3 Å². The molecule has 0 saturated carbocycles. The highest BCUT2D eigenvalue weighted by Gasteiger charge is 2.34. The van der Waals surface area contributed by atoms with Gasteiger partial charge >= 0.3 is 12.1 Å². The van der Waals surface area contributed by atoms with Gasteiger partial charge in [-0.05, 0) is 30.5 Å². The largest absolute Gasteiger partial charge is 0.497 e. The van der Waals surface area contributed by atoms with E-state index in [0.717, 1.165) is 11.3 Å². The smallest absolute Gasteiger partial charge is 0.410 e. The average Bonchev–Trinajstić information content (AvgIpc) is 2.95. The number of nitrogens with zero attached hydrogens (tertiary/aromatic N) is 1. The summed E-state index contributed by atoms with van der Waals surface area (Å²) in [6.07, 6.45) is 0.590. The number of methoxy groups -OCH3 is 1. The number of ether oxygens (including phenoxy) is 2. The molecular weight excluding hydrogens is 262 g/mol. The molecule has 1 saturated heterocycles. The van der Waals surface area contributed by atoms with Crippen LogP contribution in [0.1, 0.15) is 18.4 Å². The van der Waals surface area contributed by atoms with Crippen LogP contribution in [0.25, 0.3) is 0 Å².